The predicted octanol–water partition coefficient (Wildman–Crippen LogP) is 5.23. The second kappa shape index (κ2) is 12.3. The van der Waals surface area contributed by atoms with Crippen LogP contribution in [0, 0.1) is 5.82 Å². The number of ether oxygens (including phenoxy) is 3. The van der Waals surface area contributed by atoms with Crippen LogP contribution in [0.5, 0.6) is 11.5 Å². The maximum Gasteiger partial charge on any atom is 0.412 e. The zero-order chi connectivity index (χ0) is 27.1. The molecule has 1 aliphatic heterocycles. The Kier molecular flexibility index (Phi) is 9.37. The summed E-state index contributed by atoms with van der Waals surface area (Å²) in [5, 5.41) is 5.84. The topological polar surface area (TPSA) is 89.1 Å². The van der Waals surface area contributed by atoms with Crippen molar-refractivity contribution < 1.29 is 28.2 Å². The monoisotopic (exact) mass is 514 g/mol. The summed E-state index contributed by atoms with van der Waals surface area (Å²) in [6.45, 7) is 10.6. The van der Waals surface area contributed by atoms with Gasteiger partial charge in [-0.25, -0.2) is 9.18 Å². The molecule has 37 heavy (non-hydrogen) atoms. The molecule has 2 amide bonds. The van der Waals surface area contributed by atoms with E-state index in [-0.39, 0.29) is 17.3 Å². The molecular formula is C28H38FN3O5. The summed E-state index contributed by atoms with van der Waals surface area (Å²) in [6.07, 6.45) is 1.92. The number of nitrogens with zero attached hydrogens (tertiary/aromatic N) is 1. The summed E-state index contributed by atoms with van der Waals surface area (Å²) in [6, 6.07) is 10.9. The lowest BCUT2D eigenvalue weighted by atomic mass is 9.89. The van der Waals surface area contributed by atoms with Gasteiger partial charge in [-0.1, -0.05) is 0 Å². The standard InChI is InChI=1S/C28H38FN3O5/c1-27(2,3)37-26(34)30-21-9-12-23(24(19-21)35-5)25(33)31-28(4)13-16-32(17-14-28)15-6-18-36-22-10-7-20(29)8-11-22/h7-12,19H,6,13-18H2,1-5H3,(H,30,34)(H,31,33)/i29-1. The Bertz CT molecular complexity index is 1060. The first-order valence-corrected chi connectivity index (χ1v) is 12.6. The van der Waals surface area contributed by atoms with Crippen LogP contribution in [0.4, 0.5) is 14.9 Å². The van der Waals surface area contributed by atoms with Crippen molar-refractivity contribution in [3.63, 3.8) is 0 Å². The van der Waals surface area contributed by atoms with E-state index in [4.69, 9.17) is 14.2 Å². The second-order valence-corrected chi connectivity index (χ2v) is 10.6. The fourth-order valence-electron chi connectivity index (χ4n) is 4.12. The van der Waals surface area contributed by atoms with Gasteiger partial charge < -0.3 is 24.4 Å². The molecule has 1 saturated heterocycles. The molecule has 1 heterocycles. The molecule has 1 aliphatic rings. The van der Waals surface area contributed by atoms with Crippen molar-refractivity contribution >= 4 is 17.7 Å². The molecule has 1 fully saturated rings. The highest BCUT2D eigenvalue weighted by molar-refractivity contribution is 5.98. The number of anilines is 1. The minimum atomic E-state index is -0.614. The van der Waals surface area contributed by atoms with Crippen LogP contribution < -0.4 is 20.1 Å². The third kappa shape index (κ3) is 8.93. The summed E-state index contributed by atoms with van der Waals surface area (Å²) in [4.78, 5) is 27.5. The number of methoxy groups -OCH3 is 1. The Morgan fingerprint density at radius 1 is 1.08 bits per heavy atom. The van der Waals surface area contributed by atoms with E-state index in [1.165, 1.54) is 19.2 Å². The molecule has 0 bridgehead atoms. The fraction of sp³-hybridized carbons (Fsp3) is 0.500. The Morgan fingerprint density at radius 2 is 1.76 bits per heavy atom. The first kappa shape index (κ1) is 28.2. The van der Waals surface area contributed by atoms with Crippen molar-refractivity contribution in [1.82, 2.24) is 10.2 Å². The van der Waals surface area contributed by atoms with Crippen molar-refractivity contribution in [3.8, 4) is 11.5 Å². The van der Waals surface area contributed by atoms with Gasteiger partial charge in [0.15, 0.2) is 0 Å². The molecule has 2 aromatic carbocycles. The summed E-state index contributed by atoms with van der Waals surface area (Å²) < 4.78 is 29.4. The van der Waals surface area contributed by atoms with E-state index in [0.717, 1.165) is 38.9 Å². The van der Waals surface area contributed by atoms with Crippen LogP contribution in [0.2, 0.25) is 0 Å². The van der Waals surface area contributed by atoms with Gasteiger partial charge in [0.2, 0.25) is 0 Å². The molecule has 0 aliphatic carbocycles. The summed E-state index contributed by atoms with van der Waals surface area (Å²) >= 11 is 0. The second-order valence-electron chi connectivity index (χ2n) is 10.6. The molecule has 2 aromatic rings. The predicted molar refractivity (Wildman–Crippen MR) is 141 cm³/mol. The van der Waals surface area contributed by atoms with Gasteiger partial charge >= 0.3 is 6.09 Å². The third-order valence-corrected chi connectivity index (χ3v) is 6.17. The van der Waals surface area contributed by atoms with Gasteiger partial charge in [0.25, 0.3) is 5.91 Å². The zero-order valence-electron chi connectivity index (χ0n) is 22.4. The summed E-state index contributed by atoms with van der Waals surface area (Å²) in [5.74, 6) is 0.540. The Labute approximate surface area is 218 Å². The minimum absolute atomic E-state index is 0.218. The van der Waals surface area contributed by atoms with Crippen LogP contribution in [0.3, 0.4) is 0 Å². The Morgan fingerprint density at radius 3 is 2.38 bits per heavy atom. The molecule has 0 radical (unpaired) electrons. The van der Waals surface area contributed by atoms with Gasteiger partial charge in [-0.3, -0.25) is 10.1 Å². The van der Waals surface area contributed by atoms with Crippen molar-refractivity contribution in [2.75, 3.05) is 38.7 Å². The average Bonchev–Trinajstić information content (AvgIpc) is 2.82. The number of hydrogen-bond donors (Lipinski definition) is 2. The highest BCUT2D eigenvalue weighted by Gasteiger charge is 2.32. The molecule has 0 spiro atoms. The van der Waals surface area contributed by atoms with Crippen molar-refractivity contribution in [2.24, 2.45) is 0 Å². The lowest BCUT2D eigenvalue weighted by Gasteiger charge is -2.40. The quantitative estimate of drug-likeness (QED) is 0.445. The number of piperidine rings is 1. The smallest absolute Gasteiger partial charge is 0.412 e. The van der Waals surface area contributed by atoms with Crippen molar-refractivity contribution in [2.45, 2.75) is 58.1 Å². The molecule has 3 rings (SSSR count). The van der Waals surface area contributed by atoms with Crippen LogP contribution in [-0.2, 0) is 4.74 Å². The number of carbonyl (C=O) groups is 2. The molecule has 202 valence electrons. The van der Waals surface area contributed by atoms with Crippen LogP contribution in [0.1, 0.15) is 57.3 Å². The molecule has 9 heteroatoms. The highest BCUT2D eigenvalue weighted by atomic mass is 18.2. The number of rotatable bonds is 9. The van der Waals surface area contributed by atoms with Gasteiger partial charge in [-0.05, 0) is 83.4 Å². The van der Waals surface area contributed by atoms with Crippen LogP contribution >= 0.6 is 0 Å². The van der Waals surface area contributed by atoms with E-state index in [1.807, 2.05) is 0 Å². The normalized spacial score (nSPS) is 15.5. The SMILES string of the molecule is COc1cc(NC(=O)OC(C)(C)C)ccc1C(=O)NC1(C)CCN(CCCOc2ccc([18F])cc2)CC1. The van der Waals surface area contributed by atoms with Gasteiger partial charge in [0.05, 0.1) is 19.3 Å². The number of likely N-dealkylation sites (tertiary alicyclic amines) is 1. The Hall–Kier alpha value is -3.33. The van der Waals surface area contributed by atoms with Gasteiger partial charge in [0, 0.05) is 36.9 Å². The molecule has 0 atom stereocenters. The number of benzene rings is 2. The molecular weight excluding hydrogens is 476 g/mol. The average molecular weight is 515 g/mol. The first-order chi connectivity index (χ1) is 17.5. The van der Waals surface area contributed by atoms with Gasteiger partial charge in [0.1, 0.15) is 22.9 Å². The van der Waals surface area contributed by atoms with E-state index in [0.29, 0.717) is 29.4 Å². The number of carbonyl (C=O) groups excluding carboxylic acids is 2. The van der Waals surface area contributed by atoms with Crippen LogP contribution in [0.15, 0.2) is 42.5 Å². The lowest BCUT2D eigenvalue weighted by molar-refractivity contribution is 0.0635. The molecule has 0 aromatic heterocycles. The van der Waals surface area contributed by atoms with Gasteiger partial charge in [-0.15, -0.1) is 0 Å². The first-order valence-electron chi connectivity index (χ1n) is 12.6. The van der Waals surface area contributed by atoms with E-state index in [2.05, 4.69) is 22.5 Å². The van der Waals surface area contributed by atoms with E-state index in [9.17, 15) is 14.0 Å². The molecule has 0 saturated carbocycles. The highest BCUT2D eigenvalue weighted by Crippen LogP contribution is 2.27. The summed E-state index contributed by atoms with van der Waals surface area (Å²) in [5.41, 5.74) is -0.0719. The van der Waals surface area contributed by atoms with E-state index in [1.54, 1.807) is 51.1 Å². The fourth-order valence-corrected chi connectivity index (χ4v) is 4.12. The maximum atomic E-state index is 13.1. The molecule has 2 N–H and O–H groups in total. The molecule has 8 nitrogen and oxygen atoms in total. The van der Waals surface area contributed by atoms with E-state index >= 15 is 0 Å². The van der Waals surface area contributed by atoms with Crippen LogP contribution in [-0.4, -0.2) is 61.4 Å². The van der Waals surface area contributed by atoms with E-state index < -0.39 is 11.7 Å². The summed E-state index contributed by atoms with van der Waals surface area (Å²) in [7, 11) is 1.49. The zero-order valence-corrected chi connectivity index (χ0v) is 22.4. The van der Waals surface area contributed by atoms with Crippen LogP contribution in [0.25, 0.3) is 0 Å². The van der Waals surface area contributed by atoms with Gasteiger partial charge in [-0.2, -0.15) is 0 Å². The minimum Gasteiger partial charge on any atom is -0.496 e. The maximum absolute atomic E-state index is 13.1. The number of hydrogen-bond acceptors (Lipinski definition) is 6. The third-order valence-electron chi connectivity index (χ3n) is 6.17. The van der Waals surface area contributed by atoms with Crippen molar-refractivity contribution in [1.29, 1.82) is 0 Å². The number of nitrogens with one attached hydrogen (secondary N) is 2. The Balaban J connectivity index is 1.47. The van der Waals surface area contributed by atoms with Crippen molar-refractivity contribution in [3.05, 3.63) is 53.8 Å². The largest absolute Gasteiger partial charge is 0.496 e. The molecule has 0 unspecified atom stereocenters. The number of halogens is 1. The lowest BCUT2D eigenvalue weighted by Crippen LogP contribution is -2.53. The number of amides is 2.